The van der Waals surface area contributed by atoms with Gasteiger partial charge < -0.3 is 10.1 Å². The van der Waals surface area contributed by atoms with Gasteiger partial charge >= 0.3 is 27.2 Å². The SMILES string of the molecule is C=C(C)C(=O)OCCNC(=O)C(F)(F)S(=O)(=O)OC(C)C(=O)c1ccccc1. The summed E-state index contributed by atoms with van der Waals surface area (Å²) in [6.45, 7) is 4.58. The fourth-order valence-corrected chi connectivity index (χ4v) is 2.67. The number of Topliss-reactive ketones (excluding diaryl/α,β-unsaturated/α-hetero) is 1. The molecule has 1 rings (SSSR count). The molecular formula is C17H19F2NO7S. The van der Waals surface area contributed by atoms with Gasteiger partial charge in [-0.05, 0) is 13.8 Å². The first-order valence-corrected chi connectivity index (χ1v) is 9.32. The smallest absolute Gasteiger partial charge is 0.446 e. The second-order valence-electron chi connectivity index (χ2n) is 5.61. The van der Waals surface area contributed by atoms with E-state index in [2.05, 4.69) is 15.5 Å². The summed E-state index contributed by atoms with van der Waals surface area (Å²) in [5.41, 5.74) is 0.113. The van der Waals surface area contributed by atoms with Gasteiger partial charge in [-0.2, -0.15) is 17.2 Å². The Morgan fingerprint density at radius 3 is 2.32 bits per heavy atom. The van der Waals surface area contributed by atoms with Crippen LogP contribution in [0.5, 0.6) is 0 Å². The van der Waals surface area contributed by atoms with Crippen LogP contribution in [0.4, 0.5) is 8.78 Å². The number of amides is 1. The summed E-state index contributed by atoms with van der Waals surface area (Å²) >= 11 is 0. The van der Waals surface area contributed by atoms with Gasteiger partial charge in [-0.1, -0.05) is 36.9 Å². The van der Waals surface area contributed by atoms with Crippen molar-refractivity contribution in [3.8, 4) is 0 Å². The van der Waals surface area contributed by atoms with Crippen LogP contribution in [0.3, 0.4) is 0 Å². The third-order valence-electron chi connectivity index (χ3n) is 3.25. The summed E-state index contributed by atoms with van der Waals surface area (Å²) in [5, 5.41) is -3.34. The molecule has 0 bridgehead atoms. The number of hydrogen-bond donors (Lipinski definition) is 1. The van der Waals surface area contributed by atoms with Crippen molar-refractivity contribution in [2.45, 2.75) is 25.2 Å². The molecule has 1 aromatic rings. The highest BCUT2D eigenvalue weighted by molar-refractivity contribution is 7.88. The molecule has 0 spiro atoms. The van der Waals surface area contributed by atoms with Crippen LogP contribution in [0.15, 0.2) is 42.5 Å². The molecule has 1 N–H and O–H groups in total. The van der Waals surface area contributed by atoms with Gasteiger partial charge in [0.1, 0.15) is 12.7 Å². The summed E-state index contributed by atoms with van der Waals surface area (Å²) < 4.78 is 60.3. The molecule has 0 radical (unpaired) electrons. The Bertz CT molecular complexity index is 854. The normalized spacial score (nSPS) is 12.7. The summed E-state index contributed by atoms with van der Waals surface area (Å²) in [4.78, 5) is 34.7. The molecule has 1 atom stereocenters. The molecule has 0 saturated carbocycles. The molecule has 0 aromatic heterocycles. The average Bonchev–Trinajstić information content (AvgIpc) is 2.64. The Morgan fingerprint density at radius 2 is 1.79 bits per heavy atom. The Hall–Kier alpha value is -2.66. The highest BCUT2D eigenvalue weighted by Crippen LogP contribution is 2.25. The maximum absolute atomic E-state index is 14.0. The maximum Gasteiger partial charge on any atom is 0.446 e. The summed E-state index contributed by atoms with van der Waals surface area (Å²) in [5.74, 6) is -3.84. The first-order valence-electron chi connectivity index (χ1n) is 7.91. The molecule has 0 aliphatic carbocycles. The number of alkyl halides is 2. The van der Waals surface area contributed by atoms with Crippen molar-refractivity contribution < 1.29 is 40.5 Å². The molecule has 1 aromatic carbocycles. The zero-order valence-corrected chi connectivity index (χ0v) is 15.9. The van der Waals surface area contributed by atoms with Crippen molar-refractivity contribution in [1.29, 1.82) is 0 Å². The Balaban J connectivity index is 2.71. The van der Waals surface area contributed by atoms with Gasteiger partial charge in [-0.25, -0.2) is 4.79 Å². The quantitative estimate of drug-likeness (QED) is 0.201. The van der Waals surface area contributed by atoms with Crippen molar-refractivity contribution >= 4 is 27.8 Å². The number of halogens is 2. The van der Waals surface area contributed by atoms with E-state index in [0.717, 1.165) is 6.92 Å². The molecule has 154 valence electrons. The van der Waals surface area contributed by atoms with E-state index < -0.39 is 52.3 Å². The van der Waals surface area contributed by atoms with Crippen LogP contribution >= 0.6 is 0 Å². The lowest BCUT2D eigenvalue weighted by molar-refractivity contribution is -0.141. The second-order valence-corrected chi connectivity index (χ2v) is 7.23. The Labute approximate surface area is 160 Å². The van der Waals surface area contributed by atoms with Gasteiger partial charge in [0.15, 0.2) is 5.78 Å². The number of carbonyl (C=O) groups is 3. The van der Waals surface area contributed by atoms with E-state index in [-0.39, 0.29) is 11.1 Å². The molecule has 11 heteroatoms. The van der Waals surface area contributed by atoms with Crippen molar-refractivity contribution in [3.63, 3.8) is 0 Å². The van der Waals surface area contributed by atoms with Crippen LogP contribution in [-0.2, 0) is 28.6 Å². The maximum atomic E-state index is 14.0. The van der Waals surface area contributed by atoms with Crippen LogP contribution in [0.1, 0.15) is 24.2 Å². The van der Waals surface area contributed by atoms with E-state index in [1.54, 1.807) is 11.4 Å². The number of esters is 1. The van der Waals surface area contributed by atoms with Gasteiger partial charge in [0.2, 0.25) is 0 Å². The number of rotatable bonds is 10. The number of benzene rings is 1. The highest BCUT2D eigenvalue weighted by Gasteiger charge is 2.55. The molecule has 28 heavy (non-hydrogen) atoms. The van der Waals surface area contributed by atoms with Crippen molar-refractivity contribution in [2.75, 3.05) is 13.2 Å². The first kappa shape index (κ1) is 23.4. The van der Waals surface area contributed by atoms with Crippen molar-refractivity contribution in [1.82, 2.24) is 5.32 Å². The molecule has 8 nitrogen and oxygen atoms in total. The van der Waals surface area contributed by atoms with Gasteiger partial charge in [0, 0.05) is 11.1 Å². The molecule has 0 aliphatic rings. The number of ketones is 1. The van der Waals surface area contributed by atoms with Crippen LogP contribution < -0.4 is 5.32 Å². The van der Waals surface area contributed by atoms with Gasteiger partial charge in [-0.15, -0.1) is 0 Å². The number of ether oxygens (including phenoxy) is 1. The van der Waals surface area contributed by atoms with E-state index in [4.69, 9.17) is 0 Å². The monoisotopic (exact) mass is 419 g/mol. The third-order valence-corrected chi connectivity index (χ3v) is 4.60. The van der Waals surface area contributed by atoms with Crippen LogP contribution in [0.2, 0.25) is 0 Å². The lowest BCUT2D eigenvalue weighted by atomic mass is 10.1. The minimum absolute atomic E-state index is 0.0531. The molecular weight excluding hydrogens is 400 g/mol. The lowest BCUT2D eigenvalue weighted by Crippen LogP contribution is -2.48. The summed E-state index contributed by atoms with van der Waals surface area (Å²) in [7, 11) is -5.77. The Kier molecular flexibility index (Phi) is 7.94. The minimum atomic E-state index is -5.77. The second kappa shape index (κ2) is 9.51. The van der Waals surface area contributed by atoms with Crippen LogP contribution in [-0.4, -0.2) is 50.6 Å². The summed E-state index contributed by atoms with van der Waals surface area (Å²) in [6.07, 6.45) is -1.78. The molecule has 0 fully saturated rings. The molecule has 1 unspecified atom stereocenters. The lowest BCUT2D eigenvalue weighted by Gasteiger charge is -2.19. The predicted molar refractivity (Wildman–Crippen MR) is 94.0 cm³/mol. The first-order chi connectivity index (χ1) is 12.9. The largest absolute Gasteiger partial charge is 0.460 e. The van der Waals surface area contributed by atoms with Gasteiger partial charge in [0.05, 0.1) is 6.54 Å². The molecule has 1 amide bonds. The van der Waals surface area contributed by atoms with Crippen molar-refractivity contribution in [3.05, 3.63) is 48.0 Å². The molecule has 0 saturated heterocycles. The minimum Gasteiger partial charge on any atom is -0.460 e. The Morgan fingerprint density at radius 1 is 1.21 bits per heavy atom. The molecule has 0 aliphatic heterocycles. The van der Waals surface area contributed by atoms with E-state index >= 15 is 0 Å². The third kappa shape index (κ3) is 5.92. The van der Waals surface area contributed by atoms with Gasteiger partial charge in [-0.3, -0.25) is 13.8 Å². The zero-order chi connectivity index (χ0) is 21.5. The fourth-order valence-electron chi connectivity index (χ4n) is 1.78. The fraction of sp³-hybridized carbons (Fsp3) is 0.353. The van der Waals surface area contributed by atoms with Crippen molar-refractivity contribution in [2.24, 2.45) is 0 Å². The van der Waals surface area contributed by atoms with Crippen LogP contribution in [0, 0.1) is 0 Å². The number of hydrogen-bond acceptors (Lipinski definition) is 7. The standard InChI is InChI=1S/C17H19F2NO7S/c1-11(2)15(22)26-10-9-20-16(23)17(18,19)28(24,25)27-12(3)14(21)13-7-5-4-6-8-13/h4-8,12H,1,9-10H2,2-3H3,(H,20,23). The topological polar surface area (TPSA) is 116 Å². The summed E-state index contributed by atoms with van der Waals surface area (Å²) in [6, 6.07) is 7.30. The van der Waals surface area contributed by atoms with E-state index in [1.807, 2.05) is 0 Å². The predicted octanol–water partition coefficient (Wildman–Crippen LogP) is 1.43. The molecule has 0 heterocycles. The average molecular weight is 419 g/mol. The van der Waals surface area contributed by atoms with E-state index in [0.29, 0.717) is 0 Å². The van der Waals surface area contributed by atoms with Crippen LogP contribution in [0.25, 0.3) is 0 Å². The van der Waals surface area contributed by atoms with Gasteiger partial charge in [0.25, 0.3) is 0 Å². The van der Waals surface area contributed by atoms with E-state index in [9.17, 15) is 31.6 Å². The number of nitrogens with one attached hydrogen (secondary N) is 1. The number of carbonyl (C=O) groups excluding carboxylic acids is 3. The highest BCUT2D eigenvalue weighted by atomic mass is 32.2. The zero-order valence-electron chi connectivity index (χ0n) is 15.1. The van der Waals surface area contributed by atoms with E-state index in [1.165, 1.54) is 31.2 Å².